The molecule has 0 amide bonds. The fourth-order valence-electron chi connectivity index (χ4n) is 8.38. The lowest BCUT2D eigenvalue weighted by Gasteiger charge is -2.35. The predicted octanol–water partition coefficient (Wildman–Crippen LogP) is 5.95. The highest BCUT2D eigenvalue weighted by molar-refractivity contribution is 6.02. The molecule has 2 aromatic heterocycles. The van der Waals surface area contributed by atoms with Crippen LogP contribution in [0.2, 0.25) is 0 Å². The van der Waals surface area contributed by atoms with Gasteiger partial charge in [0, 0.05) is 54.9 Å². The lowest BCUT2D eigenvalue weighted by atomic mass is 9.94. The predicted molar refractivity (Wildman–Crippen MR) is 173 cm³/mol. The highest BCUT2D eigenvalue weighted by Gasteiger charge is 2.51. The summed E-state index contributed by atoms with van der Waals surface area (Å²) >= 11 is 0. The molecule has 236 valence electrons. The van der Waals surface area contributed by atoms with E-state index in [2.05, 4.69) is 37.6 Å². The summed E-state index contributed by atoms with van der Waals surface area (Å²) < 4.78 is 51.4. The van der Waals surface area contributed by atoms with Gasteiger partial charge in [0.2, 0.25) is 0 Å². The molecular weight excluding hydrogens is 589 g/mol. The number of aromatic nitrogens is 3. The molecule has 0 saturated carbocycles. The molecule has 2 unspecified atom stereocenters. The van der Waals surface area contributed by atoms with Gasteiger partial charge in [-0.2, -0.15) is 9.97 Å². The van der Waals surface area contributed by atoms with Gasteiger partial charge >= 0.3 is 6.01 Å². The highest BCUT2D eigenvalue weighted by atomic mass is 19.1. The number of benzene rings is 2. The first-order valence-corrected chi connectivity index (χ1v) is 16.0. The maximum Gasteiger partial charge on any atom is 0.319 e. The second-order valence-corrected chi connectivity index (χ2v) is 13.3. The Morgan fingerprint density at radius 2 is 1.93 bits per heavy atom. The molecule has 6 heterocycles. The zero-order valence-corrected chi connectivity index (χ0v) is 25.5. The Labute approximate surface area is 265 Å². The van der Waals surface area contributed by atoms with E-state index in [-0.39, 0.29) is 41.0 Å². The molecule has 0 aliphatic carbocycles. The lowest BCUT2D eigenvalue weighted by molar-refractivity contribution is 0.0803. The molecule has 0 radical (unpaired) electrons. The number of fused-ring (bicyclic) bond motifs is 5. The van der Waals surface area contributed by atoms with Crippen LogP contribution < -0.4 is 15.0 Å². The van der Waals surface area contributed by atoms with E-state index in [1.165, 1.54) is 6.07 Å². The first-order chi connectivity index (χ1) is 22.4. The van der Waals surface area contributed by atoms with Crippen LogP contribution in [0, 0.1) is 24.0 Å². The molecule has 2 bridgehead atoms. The van der Waals surface area contributed by atoms with Crippen LogP contribution in [0.1, 0.15) is 44.1 Å². The summed E-state index contributed by atoms with van der Waals surface area (Å²) in [6.45, 7) is 6.32. The first kappa shape index (κ1) is 29.2. The number of nitrogens with one attached hydrogen (secondary N) is 1. The van der Waals surface area contributed by atoms with Gasteiger partial charge in [-0.1, -0.05) is 42.3 Å². The number of rotatable bonds is 7. The molecule has 46 heavy (non-hydrogen) atoms. The van der Waals surface area contributed by atoms with E-state index >= 15 is 4.39 Å². The van der Waals surface area contributed by atoms with Crippen molar-refractivity contribution in [1.29, 1.82) is 0 Å². The smallest absolute Gasteiger partial charge is 0.319 e. The third-order valence-electron chi connectivity index (χ3n) is 10.4. The average molecular weight is 625 g/mol. The van der Waals surface area contributed by atoms with Crippen molar-refractivity contribution in [2.24, 2.45) is 0 Å². The molecule has 8 rings (SSSR count). The van der Waals surface area contributed by atoms with Gasteiger partial charge in [0.05, 0.1) is 23.2 Å². The average Bonchev–Trinajstić information content (AvgIpc) is 3.69. The van der Waals surface area contributed by atoms with E-state index in [1.54, 1.807) is 24.4 Å². The molecule has 4 fully saturated rings. The maximum absolute atomic E-state index is 16.8. The molecule has 4 aliphatic rings. The summed E-state index contributed by atoms with van der Waals surface area (Å²) in [4.78, 5) is 18.6. The Kier molecular flexibility index (Phi) is 7.14. The fraction of sp³-hybridized carbons (Fsp3) is 0.417. The van der Waals surface area contributed by atoms with Crippen LogP contribution in [0.25, 0.3) is 32.9 Å². The van der Waals surface area contributed by atoms with Crippen molar-refractivity contribution >= 4 is 27.5 Å². The topological polar surface area (TPSA) is 66.4 Å². The number of hydrogen-bond donors (Lipinski definition) is 1. The highest BCUT2D eigenvalue weighted by Crippen LogP contribution is 2.45. The van der Waals surface area contributed by atoms with Crippen molar-refractivity contribution in [3.05, 3.63) is 65.9 Å². The number of halogens is 3. The minimum atomic E-state index is -0.651. The summed E-state index contributed by atoms with van der Waals surface area (Å²) in [5.41, 5.74) is 1.34. The van der Waals surface area contributed by atoms with Crippen molar-refractivity contribution < 1.29 is 17.9 Å². The molecule has 7 nitrogen and oxygen atoms in total. The summed E-state index contributed by atoms with van der Waals surface area (Å²) in [6, 6.07) is 9.09. The van der Waals surface area contributed by atoms with Crippen molar-refractivity contribution in [3.63, 3.8) is 0 Å². The molecule has 4 atom stereocenters. The molecular formula is C36H35F3N6O. The SMILES string of the molecule is C#Cc1c(F)ccc2cccc(-c3ncc4c(N5CC6CCC(C5)N6)nc(OC[C@@]56CC[C@@H](CCF)N5CC(=C)C6)nc4c3F)c12. The zero-order chi connectivity index (χ0) is 31.6. The van der Waals surface area contributed by atoms with Crippen LogP contribution in [-0.4, -0.2) is 76.4 Å². The first-order valence-electron chi connectivity index (χ1n) is 16.0. The van der Waals surface area contributed by atoms with Crippen LogP contribution in [0.4, 0.5) is 19.0 Å². The van der Waals surface area contributed by atoms with Gasteiger partial charge in [-0.3, -0.25) is 14.3 Å². The molecule has 10 heteroatoms. The van der Waals surface area contributed by atoms with Crippen LogP contribution in [0.5, 0.6) is 6.01 Å². The van der Waals surface area contributed by atoms with E-state index < -0.39 is 11.6 Å². The Hall–Kier alpha value is -4.20. The number of piperazine rings is 1. The van der Waals surface area contributed by atoms with Gasteiger partial charge in [-0.25, -0.2) is 8.78 Å². The van der Waals surface area contributed by atoms with Crippen molar-refractivity contribution in [2.45, 2.75) is 62.2 Å². The van der Waals surface area contributed by atoms with E-state index in [0.717, 1.165) is 57.3 Å². The number of pyridine rings is 1. The van der Waals surface area contributed by atoms with Gasteiger partial charge in [0.1, 0.15) is 29.5 Å². The minimum Gasteiger partial charge on any atom is -0.461 e. The number of nitrogens with zero attached hydrogens (tertiary/aromatic N) is 5. The fourth-order valence-corrected chi connectivity index (χ4v) is 8.38. The summed E-state index contributed by atoms with van der Waals surface area (Å²) in [6.07, 6.45) is 12.5. The minimum absolute atomic E-state index is 0.0258. The van der Waals surface area contributed by atoms with Crippen molar-refractivity contribution in [3.8, 4) is 29.6 Å². The quantitative estimate of drug-likeness (QED) is 0.202. The monoisotopic (exact) mass is 624 g/mol. The molecule has 2 aromatic carbocycles. The van der Waals surface area contributed by atoms with E-state index in [4.69, 9.17) is 16.1 Å². The van der Waals surface area contributed by atoms with Crippen LogP contribution in [0.3, 0.4) is 0 Å². The van der Waals surface area contributed by atoms with Crippen LogP contribution in [-0.2, 0) is 0 Å². The summed E-state index contributed by atoms with van der Waals surface area (Å²) in [7, 11) is 0. The number of anilines is 1. The Balaban J connectivity index is 1.24. The van der Waals surface area contributed by atoms with Gasteiger partial charge in [0.25, 0.3) is 0 Å². The number of hydrogen-bond acceptors (Lipinski definition) is 7. The molecule has 1 N–H and O–H groups in total. The largest absolute Gasteiger partial charge is 0.461 e. The van der Waals surface area contributed by atoms with Crippen LogP contribution in [0.15, 0.2) is 48.7 Å². The molecule has 0 spiro atoms. The number of alkyl halides is 1. The summed E-state index contributed by atoms with van der Waals surface area (Å²) in [5.74, 6) is 1.82. The molecule has 4 aromatic rings. The summed E-state index contributed by atoms with van der Waals surface area (Å²) in [5, 5.41) is 5.22. The normalized spacial score (nSPS) is 25.8. The van der Waals surface area contributed by atoms with E-state index in [1.807, 2.05) is 6.07 Å². The van der Waals surface area contributed by atoms with E-state index in [9.17, 15) is 8.78 Å². The maximum atomic E-state index is 16.8. The second kappa shape index (κ2) is 11.2. The zero-order valence-electron chi connectivity index (χ0n) is 25.5. The standard InChI is InChI=1S/C36H35F3N6O/c1-3-26-29(38)10-7-22-5-4-6-27(30(22)26)32-31(39)33-28(16-40-32)34(44-18-23-8-9-24(19-44)41-23)43-35(42-33)46-20-36-13-11-25(12-14-37)45(36)17-21(2)15-36/h1,4-7,10,16,23-25,41H,2,8-9,11-15,17-20H2/t23?,24?,25-,36-/m0/s1. The number of ether oxygens (including phenoxy) is 1. The van der Waals surface area contributed by atoms with Gasteiger partial charge in [-0.05, 0) is 50.0 Å². The molecule has 4 aliphatic heterocycles. The second-order valence-electron chi connectivity index (χ2n) is 13.3. The van der Waals surface area contributed by atoms with Gasteiger partial charge in [0.15, 0.2) is 5.82 Å². The Morgan fingerprint density at radius 3 is 2.72 bits per heavy atom. The van der Waals surface area contributed by atoms with Gasteiger partial charge in [-0.15, -0.1) is 6.42 Å². The third kappa shape index (κ3) is 4.71. The Bertz CT molecular complexity index is 1910. The molecule has 4 saturated heterocycles. The lowest BCUT2D eigenvalue weighted by Crippen LogP contribution is -2.51. The van der Waals surface area contributed by atoms with Gasteiger partial charge < -0.3 is 15.0 Å². The Morgan fingerprint density at radius 1 is 1.11 bits per heavy atom. The number of terminal acetylenes is 1. The third-order valence-corrected chi connectivity index (χ3v) is 10.4. The van der Waals surface area contributed by atoms with Crippen molar-refractivity contribution in [2.75, 3.05) is 37.8 Å². The van der Waals surface area contributed by atoms with E-state index in [0.29, 0.717) is 52.7 Å². The van der Waals surface area contributed by atoms with Crippen molar-refractivity contribution in [1.82, 2.24) is 25.2 Å². The van der Waals surface area contributed by atoms with Crippen LogP contribution >= 0.6 is 0 Å².